The minimum absolute atomic E-state index is 0.0575. The van der Waals surface area contributed by atoms with Crippen LogP contribution in [0.5, 0.6) is 5.75 Å². The maximum atomic E-state index is 13.7. The molecule has 11 heteroatoms. The predicted octanol–water partition coefficient (Wildman–Crippen LogP) is 5.23. The van der Waals surface area contributed by atoms with E-state index in [1.54, 1.807) is 12.1 Å². The van der Waals surface area contributed by atoms with Gasteiger partial charge in [-0.3, -0.25) is 4.79 Å². The highest BCUT2D eigenvalue weighted by Gasteiger charge is 2.37. The summed E-state index contributed by atoms with van der Waals surface area (Å²) in [6.07, 6.45) is 2.96. The van der Waals surface area contributed by atoms with Crippen molar-refractivity contribution in [3.8, 4) is 5.75 Å². The van der Waals surface area contributed by atoms with E-state index in [0.717, 1.165) is 55.8 Å². The lowest BCUT2D eigenvalue weighted by molar-refractivity contribution is -0.292. The SMILES string of the molecule is CC(C)COc1ccc(CC(=O)N(Cc2ccc(F)cc2)C2CCN(CCC3(C)OCC(C)(C)CO3)CC2)cc1.O=C(O)C(=O)O. The quantitative estimate of drug-likeness (QED) is 0.316. The summed E-state index contributed by atoms with van der Waals surface area (Å²) in [6, 6.07) is 14.5. The molecule has 0 saturated carbocycles. The number of carboxylic acids is 2. The number of carbonyl (C=O) groups is 3. The number of nitrogens with zero attached hydrogens (tertiary/aromatic N) is 2. The van der Waals surface area contributed by atoms with Crippen LogP contribution in [-0.4, -0.2) is 89.1 Å². The first-order valence-corrected chi connectivity index (χ1v) is 15.9. The molecule has 0 unspecified atom stereocenters. The normalized spacial score (nSPS) is 17.9. The number of halogens is 1. The van der Waals surface area contributed by atoms with Gasteiger partial charge in [-0.25, -0.2) is 14.0 Å². The molecule has 2 saturated heterocycles. The molecular formula is C35H49FN2O8. The zero-order valence-corrected chi connectivity index (χ0v) is 27.7. The number of benzene rings is 2. The average Bonchev–Trinajstić information content (AvgIpc) is 3.02. The van der Waals surface area contributed by atoms with E-state index in [-0.39, 0.29) is 23.2 Å². The van der Waals surface area contributed by atoms with Gasteiger partial charge in [-0.2, -0.15) is 0 Å². The molecule has 254 valence electrons. The minimum atomic E-state index is -1.82. The van der Waals surface area contributed by atoms with Crippen molar-refractivity contribution in [1.29, 1.82) is 0 Å². The van der Waals surface area contributed by atoms with Gasteiger partial charge in [-0.15, -0.1) is 0 Å². The number of piperidine rings is 1. The first kappa shape index (κ1) is 36.9. The van der Waals surface area contributed by atoms with Gasteiger partial charge in [0.15, 0.2) is 5.79 Å². The second-order valence-corrected chi connectivity index (χ2v) is 13.5. The predicted molar refractivity (Wildman–Crippen MR) is 171 cm³/mol. The topological polar surface area (TPSA) is 126 Å². The first-order chi connectivity index (χ1) is 21.6. The number of aliphatic carboxylic acids is 2. The summed E-state index contributed by atoms with van der Waals surface area (Å²) in [5.41, 5.74) is 1.96. The maximum absolute atomic E-state index is 13.7. The van der Waals surface area contributed by atoms with E-state index < -0.39 is 17.7 Å². The molecule has 0 aliphatic carbocycles. The minimum Gasteiger partial charge on any atom is -0.493 e. The summed E-state index contributed by atoms with van der Waals surface area (Å²) in [7, 11) is 0. The molecule has 0 radical (unpaired) electrons. The summed E-state index contributed by atoms with van der Waals surface area (Å²) in [5.74, 6) is -3.08. The number of carbonyl (C=O) groups excluding carboxylic acids is 1. The molecule has 0 bridgehead atoms. The van der Waals surface area contributed by atoms with E-state index in [4.69, 9.17) is 34.0 Å². The second kappa shape index (κ2) is 16.9. The lowest BCUT2D eigenvalue weighted by Gasteiger charge is -2.43. The Balaban J connectivity index is 0.000000875. The van der Waals surface area contributed by atoms with Crippen molar-refractivity contribution in [3.63, 3.8) is 0 Å². The van der Waals surface area contributed by atoms with Crippen molar-refractivity contribution in [2.45, 2.75) is 78.7 Å². The summed E-state index contributed by atoms with van der Waals surface area (Å²) in [4.78, 5) is 36.3. The number of hydrogen-bond acceptors (Lipinski definition) is 7. The van der Waals surface area contributed by atoms with Crippen LogP contribution in [0.15, 0.2) is 48.5 Å². The van der Waals surface area contributed by atoms with Gasteiger partial charge < -0.3 is 34.2 Å². The zero-order chi connectivity index (χ0) is 33.9. The van der Waals surface area contributed by atoms with Crippen LogP contribution in [0, 0.1) is 17.2 Å². The smallest absolute Gasteiger partial charge is 0.414 e. The molecule has 1 amide bonds. The molecule has 2 N–H and O–H groups in total. The third kappa shape index (κ3) is 12.3. The Morgan fingerprint density at radius 1 is 0.935 bits per heavy atom. The van der Waals surface area contributed by atoms with Crippen LogP contribution in [0.25, 0.3) is 0 Å². The Bertz CT molecular complexity index is 1250. The van der Waals surface area contributed by atoms with Crippen LogP contribution in [0.1, 0.15) is 65.0 Å². The zero-order valence-electron chi connectivity index (χ0n) is 27.7. The molecule has 2 aromatic carbocycles. The second-order valence-electron chi connectivity index (χ2n) is 13.5. The van der Waals surface area contributed by atoms with E-state index in [1.807, 2.05) is 36.1 Å². The average molecular weight is 645 g/mol. The van der Waals surface area contributed by atoms with Gasteiger partial charge in [0.05, 0.1) is 26.2 Å². The van der Waals surface area contributed by atoms with Gasteiger partial charge in [-0.05, 0) is 61.1 Å². The Morgan fingerprint density at radius 3 is 2.00 bits per heavy atom. The molecule has 2 aliphatic rings. The van der Waals surface area contributed by atoms with Crippen molar-refractivity contribution < 1.29 is 43.2 Å². The molecule has 0 atom stereocenters. The maximum Gasteiger partial charge on any atom is 0.414 e. The third-order valence-electron chi connectivity index (χ3n) is 8.05. The molecule has 2 aliphatic heterocycles. The molecule has 2 fully saturated rings. The highest BCUT2D eigenvalue weighted by Crippen LogP contribution is 2.32. The van der Waals surface area contributed by atoms with Crippen molar-refractivity contribution in [2.24, 2.45) is 11.3 Å². The Labute approximate surface area is 271 Å². The van der Waals surface area contributed by atoms with Crippen molar-refractivity contribution in [3.05, 3.63) is 65.5 Å². The number of hydrogen-bond donors (Lipinski definition) is 2. The first-order valence-electron chi connectivity index (χ1n) is 15.9. The number of amides is 1. The highest BCUT2D eigenvalue weighted by atomic mass is 19.1. The number of rotatable bonds is 11. The molecular weight excluding hydrogens is 595 g/mol. The Kier molecular flexibility index (Phi) is 13.5. The van der Waals surface area contributed by atoms with E-state index in [9.17, 15) is 9.18 Å². The molecule has 0 spiro atoms. The fourth-order valence-corrected chi connectivity index (χ4v) is 5.19. The lowest BCUT2D eigenvalue weighted by Crippen LogP contribution is -2.50. The fraction of sp³-hybridized carbons (Fsp3) is 0.571. The van der Waals surface area contributed by atoms with Gasteiger partial charge >= 0.3 is 11.9 Å². The monoisotopic (exact) mass is 644 g/mol. The Morgan fingerprint density at radius 2 is 1.48 bits per heavy atom. The van der Waals surface area contributed by atoms with Crippen LogP contribution >= 0.6 is 0 Å². The van der Waals surface area contributed by atoms with E-state index in [1.165, 1.54) is 12.1 Å². The van der Waals surface area contributed by atoms with Crippen LogP contribution in [0.2, 0.25) is 0 Å². The lowest BCUT2D eigenvalue weighted by atomic mass is 9.94. The number of ether oxygens (including phenoxy) is 3. The van der Waals surface area contributed by atoms with Gasteiger partial charge in [0, 0.05) is 44.1 Å². The summed E-state index contributed by atoms with van der Waals surface area (Å²) >= 11 is 0. The third-order valence-corrected chi connectivity index (χ3v) is 8.05. The number of carboxylic acid groups (broad SMARTS) is 2. The molecule has 0 aromatic heterocycles. The molecule has 10 nitrogen and oxygen atoms in total. The summed E-state index contributed by atoms with van der Waals surface area (Å²) in [6.45, 7) is 15.9. The van der Waals surface area contributed by atoms with Gasteiger partial charge in [0.1, 0.15) is 11.6 Å². The van der Waals surface area contributed by atoms with Gasteiger partial charge in [0.2, 0.25) is 5.91 Å². The van der Waals surface area contributed by atoms with Crippen molar-refractivity contribution in [2.75, 3.05) is 39.5 Å². The number of likely N-dealkylation sites (tertiary alicyclic amines) is 1. The molecule has 2 heterocycles. The van der Waals surface area contributed by atoms with Crippen LogP contribution in [-0.2, 0) is 36.8 Å². The molecule has 4 rings (SSSR count). The summed E-state index contributed by atoms with van der Waals surface area (Å²) in [5, 5.41) is 14.8. The van der Waals surface area contributed by atoms with Crippen molar-refractivity contribution in [1.82, 2.24) is 9.80 Å². The van der Waals surface area contributed by atoms with Crippen LogP contribution in [0.3, 0.4) is 0 Å². The Hall–Kier alpha value is -3.54. The van der Waals surface area contributed by atoms with E-state index in [0.29, 0.717) is 38.7 Å². The standard InChI is InChI=1S/C33H47FN2O4.C2H2O4/c1-25(2)22-38-30-12-8-26(9-13-30)20-31(37)36(21-27-6-10-28(34)11-7-27)29-14-17-35(18-15-29)19-16-33(5)39-23-32(3,4)24-40-33;3-1(4)2(5)6/h6-13,25,29H,14-24H2,1-5H3;(H,3,4)(H,5,6). The largest absolute Gasteiger partial charge is 0.493 e. The fourth-order valence-electron chi connectivity index (χ4n) is 5.19. The van der Waals surface area contributed by atoms with E-state index in [2.05, 4.69) is 32.6 Å². The summed E-state index contributed by atoms with van der Waals surface area (Å²) < 4.78 is 31.5. The van der Waals surface area contributed by atoms with Gasteiger partial charge in [0.25, 0.3) is 0 Å². The highest BCUT2D eigenvalue weighted by molar-refractivity contribution is 6.27. The van der Waals surface area contributed by atoms with Crippen molar-refractivity contribution >= 4 is 17.8 Å². The van der Waals surface area contributed by atoms with Gasteiger partial charge in [-0.1, -0.05) is 52.0 Å². The van der Waals surface area contributed by atoms with Crippen LogP contribution in [0.4, 0.5) is 4.39 Å². The van der Waals surface area contributed by atoms with E-state index >= 15 is 0 Å². The van der Waals surface area contributed by atoms with Crippen LogP contribution < -0.4 is 4.74 Å². The molecule has 46 heavy (non-hydrogen) atoms. The molecule has 2 aromatic rings.